The van der Waals surface area contributed by atoms with Crippen molar-refractivity contribution < 1.29 is 14.6 Å². The molecule has 0 unspecified atom stereocenters. The van der Waals surface area contributed by atoms with Gasteiger partial charge in [-0.25, -0.2) is 0 Å². The third-order valence-corrected chi connectivity index (χ3v) is 3.52. The van der Waals surface area contributed by atoms with Gasteiger partial charge in [-0.15, -0.1) is 0 Å². The first-order valence-electron chi connectivity index (χ1n) is 9.08. The fourth-order valence-electron chi connectivity index (χ4n) is 2.05. The van der Waals surface area contributed by atoms with Gasteiger partial charge in [-0.3, -0.25) is 4.79 Å². The SMILES string of the molecule is CCCCC/C=C\C/C=C\C[C@@H](O)/C=C/C=C\CCCC(=O)OC. The van der Waals surface area contributed by atoms with E-state index in [0.29, 0.717) is 12.8 Å². The molecule has 0 aromatic heterocycles. The van der Waals surface area contributed by atoms with E-state index in [1.807, 2.05) is 24.3 Å². The number of allylic oxidation sites excluding steroid dienone is 6. The van der Waals surface area contributed by atoms with E-state index in [1.54, 1.807) is 6.08 Å². The summed E-state index contributed by atoms with van der Waals surface area (Å²) >= 11 is 0. The van der Waals surface area contributed by atoms with Gasteiger partial charge in [0.2, 0.25) is 0 Å². The molecule has 136 valence electrons. The predicted octanol–water partition coefficient (Wildman–Crippen LogP) is 5.28. The highest BCUT2D eigenvalue weighted by atomic mass is 16.5. The maximum Gasteiger partial charge on any atom is 0.305 e. The zero-order chi connectivity index (χ0) is 17.9. The topological polar surface area (TPSA) is 46.5 Å². The number of rotatable bonds is 14. The Hall–Kier alpha value is -1.61. The minimum atomic E-state index is -0.450. The summed E-state index contributed by atoms with van der Waals surface area (Å²) in [7, 11) is 1.40. The van der Waals surface area contributed by atoms with Crippen molar-refractivity contribution in [3.63, 3.8) is 0 Å². The number of hydrogen-bond acceptors (Lipinski definition) is 3. The van der Waals surface area contributed by atoms with Crippen molar-refractivity contribution in [2.45, 2.75) is 70.8 Å². The number of hydrogen-bond donors (Lipinski definition) is 1. The van der Waals surface area contributed by atoms with Crippen LogP contribution in [0.3, 0.4) is 0 Å². The number of unbranched alkanes of at least 4 members (excludes halogenated alkanes) is 4. The average Bonchev–Trinajstić information content (AvgIpc) is 2.59. The van der Waals surface area contributed by atoms with E-state index in [4.69, 9.17) is 0 Å². The lowest BCUT2D eigenvalue weighted by molar-refractivity contribution is -0.140. The molecule has 3 nitrogen and oxygen atoms in total. The monoisotopic (exact) mass is 334 g/mol. The van der Waals surface area contributed by atoms with Crippen LogP contribution in [0.25, 0.3) is 0 Å². The molecule has 1 atom stereocenters. The standard InChI is InChI=1S/C21H34O3/c1-3-4-5-6-7-8-9-11-14-17-20(22)18-15-12-10-13-16-19-21(23)24-2/h7-8,10-12,14-15,18,20,22H,3-6,9,13,16-17,19H2,1-2H3/b8-7-,12-10-,14-11-,18-15+/t20-/m1/s1. The zero-order valence-corrected chi connectivity index (χ0v) is 15.3. The molecule has 3 heteroatoms. The van der Waals surface area contributed by atoms with Crippen molar-refractivity contribution in [1.29, 1.82) is 0 Å². The summed E-state index contributed by atoms with van der Waals surface area (Å²) in [5, 5.41) is 9.81. The maximum absolute atomic E-state index is 10.9. The summed E-state index contributed by atoms with van der Waals surface area (Å²) in [6.07, 6.45) is 24.3. The summed E-state index contributed by atoms with van der Waals surface area (Å²) in [4.78, 5) is 10.9. The average molecular weight is 335 g/mol. The Bertz CT molecular complexity index is 405. The third-order valence-electron chi connectivity index (χ3n) is 3.52. The first-order chi connectivity index (χ1) is 11.7. The van der Waals surface area contributed by atoms with E-state index in [2.05, 4.69) is 29.9 Å². The van der Waals surface area contributed by atoms with Crippen LogP contribution in [0.2, 0.25) is 0 Å². The Balaban J connectivity index is 3.64. The summed E-state index contributed by atoms with van der Waals surface area (Å²) in [6.45, 7) is 2.22. The van der Waals surface area contributed by atoms with Gasteiger partial charge in [-0.1, -0.05) is 68.4 Å². The maximum atomic E-state index is 10.9. The molecule has 0 fully saturated rings. The van der Waals surface area contributed by atoms with Crippen LogP contribution in [0.1, 0.15) is 64.7 Å². The summed E-state index contributed by atoms with van der Waals surface area (Å²) in [5.74, 6) is -0.169. The second-order valence-electron chi connectivity index (χ2n) is 5.76. The Morgan fingerprint density at radius 2 is 1.75 bits per heavy atom. The van der Waals surface area contributed by atoms with E-state index < -0.39 is 6.10 Å². The first kappa shape index (κ1) is 22.4. The molecular weight excluding hydrogens is 300 g/mol. The normalized spacial score (nSPS) is 13.6. The molecule has 0 aliphatic carbocycles. The lowest BCUT2D eigenvalue weighted by Gasteiger charge is -1.99. The Labute approximate surface area is 147 Å². The van der Waals surface area contributed by atoms with Crippen molar-refractivity contribution in [3.8, 4) is 0 Å². The molecule has 0 rings (SSSR count). The molecule has 0 spiro atoms. The minimum Gasteiger partial charge on any atom is -0.469 e. The van der Waals surface area contributed by atoms with Gasteiger partial charge in [-0.05, 0) is 38.5 Å². The lowest BCUT2D eigenvalue weighted by atomic mass is 10.2. The van der Waals surface area contributed by atoms with Gasteiger partial charge in [0.1, 0.15) is 0 Å². The lowest BCUT2D eigenvalue weighted by Crippen LogP contribution is -1.98. The molecule has 0 amide bonds. The fraction of sp³-hybridized carbons (Fsp3) is 0.571. The number of ether oxygens (including phenoxy) is 1. The molecule has 0 aromatic carbocycles. The molecule has 0 aliphatic heterocycles. The van der Waals surface area contributed by atoms with Crippen LogP contribution in [0.4, 0.5) is 0 Å². The summed E-state index contributed by atoms with van der Waals surface area (Å²) in [6, 6.07) is 0. The van der Waals surface area contributed by atoms with Gasteiger partial charge in [0.15, 0.2) is 0 Å². The fourth-order valence-corrected chi connectivity index (χ4v) is 2.05. The highest BCUT2D eigenvalue weighted by Crippen LogP contribution is 2.02. The molecule has 0 saturated carbocycles. The molecular formula is C21H34O3. The number of methoxy groups -OCH3 is 1. The van der Waals surface area contributed by atoms with Crippen molar-refractivity contribution in [2.24, 2.45) is 0 Å². The van der Waals surface area contributed by atoms with Crippen molar-refractivity contribution in [2.75, 3.05) is 7.11 Å². The van der Waals surface area contributed by atoms with Gasteiger partial charge in [0.25, 0.3) is 0 Å². The molecule has 0 aliphatic rings. The van der Waals surface area contributed by atoms with E-state index in [1.165, 1.54) is 32.8 Å². The highest BCUT2D eigenvalue weighted by molar-refractivity contribution is 5.69. The molecule has 0 radical (unpaired) electrons. The van der Waals surface area contributed by atoms with E-state index in [-0.39, 0.29) is 5.97 Å². The van der Waals surface area contributed by atoms with E-state index >= 15 is 0 Å². The summed E-state index contributed by atoms with van der Waals surface area (Å²) < 4.78 is 4.57. The van der Waals surface area contributed by atoms with Gasteiger partial charge >= 0.3 is 5.97 Å². The third kappa shape index (κ3) is 16.8. The second-order valence-corrected chi connectivity index (χ2v) is 5.76. The smallest absolute Gasteiger partial charge is 0.305 e. The van der Waals surface area contributed by atoms with Gasteiger partial charge < -0.3 is 9.84 Å². The van der Waals surface area contributed by atoms with Gasteiger partial charge in [0.05, 0.1) is 13.2 Å². The van der Waals surface area contributed by atoms with E-state index in [0.717, 1.165) is 19.3 Å². The van der Waals surface area contributed by atoms with Crippen LogP contribution < -0.4 is 0 Å². The van der Waals surface area contributed by atoms with Crippen LogP contribution >= 0.6 is 0 Å². The molecule has 0 heterocycles. The molecule has 0 saturated heterocycles. The number of carbonyl (C=O) groups is 1. The number of aliphatic hydroxyl groups is 1. The quantitative estimate of drug-likeness (QED) is 0.203. The predicted molar refractivity (Wildman–Crippen MR) is 102 cm³/mol. The van der Waals surface area contributed by atoms with Crippen molar-refractivity contribution >= 4 is 5.97 Å². The molecule has 0 bridgehead atoms. The highest BCUT2D eigenvalue weighted by Gasteiger charge is 1.96. The number of carbonyl (C=O) groups excluding carboxylic acids is 1. The van der Waals surface area contributed by atoms with Crippen molar-refractivity contribution in [3.05, 3.63) is 48.6 Å². The Morgan fingerprint density at radius 1 is 1.00 bits per heavy atom. The summed E-state index contributed by atoms with van der Waals surface area (Å²) in [5.41, 5.74) is 0. The first-order valence-corrected chi connectivity index (χ1v) is 9.08. The minimum absolute atomic E-state index is 0.169. The number of esters is 1. The van der Waals surface area contributed by atoms with Crippen LogP contribution in [-0.2, 0) is 9.53 Å². The molecule has 24 heavy (non-hydrogen) atoms. The van der Waals surface area contributed by atoms with Crippen LogP contribution in [-0.4, -0.2) is 24.3 Å². The Morgan fingerprint density at radius 3 is 2.50 bits per heavy atom. The molecule has 1 N–H and O–H groups in total. The molecule has 0 aromatic rings. The van der Waals surface area contributed by atoms with Gasteiger partial charge in [-0.2, -0.15) is 0 Å². The van der Waals surface area contributed by atoms with Crippen LogP contribution in [0.5, 0.6) is 0 Å². The van der Waals surface area contributed by atoms with E-state index in [9.17, 15) is 9.90 Å². The van der Waals surface area contributed by atoms with Crippen LogP contribution in [0, 0.1) is 0 Å². The largest absolute Gasteiger partial charge is 0.469 e. The van der Waals surface area contributed by atoms with Crippen molar-refractivity contribution in [1.82, 2.24) is 0 Å². The van der Waals surface area contributed by atoms with Crippen LogP contribution in [0.15, 0.2) is 48.6 Å². The second kappa shape index (κ2) is 17.7. The van der Waals surface area contributed by atoms with Gasteiger partial charge in [0, 0.05) is 6.42 Å². The number of aliphatic hydroxyl groups excluding tert-OH is 1. The zero-order valence-electron chi connectivity index (χ0n) is 15.3. The Kier molecular flexibility index (Phi) is 16.5.